The zero-order valence-corrected chi connectivity index (χ0v) is 12.8. The molecule has 4 heteroatoms. The quantitative estimate of drug-likeness (QED) is 0.845. The van der Waals surface area contributed by atoms with Gasteiger partial charge in [-0.1, -0.05) is 0 Å². The van der Waals surface area contributed by atoms with Crippen molar-refractivity contribution in [2.24, 2.45) is 0 Å². The minimum absolute atomic E-state index is 0.172. The smallest absolute Gasteiger partial charge is 0.328 e. The summed E-state index contributed by atoms with van der Waals surface area (Å²) < 4.78 is 11.7. The zero-order chi connectivity index (χ0) is 15.4. The molecular formula is C17H22O4. The number of carboxylic acid groups (broad SMARTS) is 1. The first-order valence-corrected chi connectivity index (χ1v) is 7.26. The molecule has 2 atom stereocenters. The summed E-state index contributed by atoms with van der Waals surface area (Å²) in [6, 6.07) is 3.86. The molecule has 1 aromatic rings. The Labute approximate surface area is 125 Å². The zero-order valence-electron chi connectivity index (χ0n) is 12.8. The van der Waals surface area contributed by atoms with E-state index in [4.69, 9.17) is 14.6 Å². The number of hydrogen-bond donors (Lipinski definition) is 1. The Morgan fingerprint density at radius 3 is 2.57 bits per heavy atom. The van der Waals surface area contributed by atoms with E-state index in [9.17, 15) is 4.79 Å². The van der Waals surface area contributed by atoms with Crippen LogP contribution in [-0.4, -0.2) is 29.9 Å². The third-order valence-electron chi connectivity index (χ3n) is 3.63. The second-order valence-electron chi connectivity index (χ2n) is 5.61. The summed E-state index contributed by atoms with van der Waals surface area (Å²) in [5, 5.41) is 8.67. The molecule has 1 fully saturated rings. The molecule has 1 aliphatic heterocycles. The van der Waals surface area contributed by atoms with Gasteiger partial charge in [-0.25, -0.2) is 4.79 Å². The van der Waals surface area contributed by atoms with Gasteiger partial charge in [0.15, 0.2) is 0 Å². The van der Waals surface area contributed by atoms with Crippen LogP contribution in [-0.2, 0) is 9.53 Å². The average molecular weight is 290 g/mol. The minimum atomic E-state index is -0.946. The number of ether oxygens (including phenoxy) is 2. The van der Waals surface area contributed by atoms with Gasteiger partial charge in [0.1, 0.15) is 12.4 Å². The van der Waals surface area contributed by atoms with Crippen LogP contribution in [0, 0.1) is 13.8 Å². The Morgan fingerprint density at radius 1 is 1.38 bits per heavy atom. The normalized spacial score (nSPS) is 21.9. The van der Waals surface area contributed by atoms with Crippen LogP contribution in [0.5, 0.6) is 5.75 Å². The summed E-state index contributed by atoms with van der Waals surface area (Å²) in [5.74, 6) is -0.0798. The van der Waals surface area contributed by atoms with Crippen molar-refractivity contribution in [3.63, 3.8) is 0 Å². The van der Waals surface area contributed by atoms with Crippen molar-refractivity contribution >= 4 is 12.0 Å². The summed E-state index contributed by atoms with van der Waals surface area (Å²) in [6.07, 6.45) is 5.36. The molecule has 0 bridgehead atoms. The van der Waals surface area contributed by atoms with Gasteiger partial charge in [0.05, 0.1) is 12.2 Å². The van der Waals surface area contributed by atoms with Crippen molar-refractivity contribution in [3.05, 3.63) is 34.9 Å². The molecule has 2 rings (SSSR count). The maximum Gasteiger partial charge on any atom is 0.328 e. The van der Waals surface area contributed by atoms with Crippen LogP contribution < -0.4 is 4.74 Å². The maximum atomic E-state index is 10.6. The highest BCUT2D eigenvalue weighted by molar-refractivity contribution is 5.85. The van der Waals surface area contributed by atoms with Crippen LogP contribution in [0.15, 0.2) is 18.2 Å². The number of carbonyl (C=O) groups is 1. The number of aliphatic carboxylic acids is 1. The van der Waals surface area contributed by atoms with Gasteiger partial charge in [-0.3, -0.25) is 0 Å². The van der Waals surface area contributed by atoms with E-state index in [0.717, 1.165) is 41.4 Å². The Morgan fingerprint density at radius 2 is 2.05 bits per heavy atom. The highest BCUT2D eigenvalue weighted by Crippen LogP contribution is 2.27. The molecule has 0 radical (unpaired) electrons. The summed E-state index contributed by atoms with van der Waals surface area (Å²) in [7, 11) is 0. The molecule has 0 amide bonds. The molecule has 1 heterocycles. The topological polar surface area (TPSA) is 55.8 Å². The lowest BCUT2D eigenvalue weighted by Crippen LogP contribution is -2.18. The van der Waals surface area contributed by atoms with E-state index in [1.807, 2.05) is 26.0 Å². The van der Waals surface area contributed by atoms with Crippen LogP contribution in [0.2, 0.25) is 0 Å². The molecule has 1 N–H and O–H groups in total. The van der Waals surface area contributed by atoms with Crippen LogP contribution in [0.3, 0.4) is 0 Å². The van der Waals surface area contributed by atoms with Crippen molar-refractivity contribution in [3.8, 4) is 5.75 Å². The first-order chi connectivity index (χ1) is 9.95. The van der Waals surface area contributed by atoms with Gasteiger partial charge < -0.3 is 14.6 Å². The largest absolute Gasteiger partial charge is 0.490 e. The number of rotatable bonds is 5. The van der Waals surface area contributed by atoms with Gasteiger partial charge in [0, 0.05) is 6.08 Å². The van der Waals surface area contributed by atoms with E-state index >= 15 is 0 Å². The summed E-state index contributed by atoms with van der Waals surface area (Å²) >= 11 is 0. The van der Waals surface area contributed by atoms with Crippen LogP contribution in [0.25, 0.3) is 6.08 Å². The third kappa shape index (κ3) is 4.33. The lowest BCUT2D eigenvalue weighted by Gasteiger charge is -2.16. The third-order valence-corrected chi connectivity index (χ3v) is 3.63. The predicted octanol–water partition coefficient (Wildman–Crippen LogP) is 3.35. The van der Waals surface area contributed by atoms with Gasteiger partial charge in [-0.2, -0.15) is 0 Å². The number of aryl methyl sites for hydroxylation is 2. The number of benzene rings is 1. The van der Waals surface area contributed by atoms with Gasteiger partial charge in [0.2, 0.25) is 0 Å². The summed E-state index contributed by atoms with van der Waals surface area (Å²) in [5.41, 5.74) is 2.88. The molecule has 114 valence electrons. The molecule has 0 saturated carbocycles. The highest BCUT2D eigenvalue weighted by atomic mass is 16.5. The van der Waals surface area contributed by atoms with E-state index in [2.05, 4.69) is 6.92 Å². The fourth-order valence-electron chi connectivity index (χ4n) is 2.66. The fourth-order valence-corrected chi connectivity index (χ4v) is 2.66. The van der Waals surface area contributed by atoms with Crippen LogP contribution in [0.4, 0.5) is 0 Å². The van der Waals surface area contributed by atoms with Gasteiger partial charge in [0.25, 0.3) is 0 Å². The molecule has 2 unspecified atom stereocenters. The Kier molecular flexibility index (Phi) is 5.02. The van der Waals surface area contributed by atoms with E-state index in [1.54, 1.807) is 6.08 Å². The predicted molar refractivity (Wildman–Crippen MR) is 81.6 cm³/mol. The van der Waals surface area contributed by atoms with Crippen LogP contribution >= 0.6 is 0 Å². The van der Waals surface area contributed by atoms with Gasteiger partial charge in [-0.05, 0) is 68.5 Å². The Hall–Kier alpha value is -1.81. The summed E-state index contributed by atoms with van der Waals surface area (Å²) in [4.78, 5) is 10.6. The molecular weight excluding hydrogens is 268 g/mol. The first kappa shape index (κ1) is 15.6. The fraction of sp³-hybridized carbons (Fsp3) is 0.471. The van der Waals surface area contributed by atoms with Crippen molar-refractivity contribution in [2.45, 2.75) is 45.8 Å². The molecule has 0 aromatic heterocycles. The number of hydrogen-bond acceptors (Lipinski definition) is 3. The van der Waals surface area contributed by atoms with Crippen molar-refractivity contribution in [2.75, 3.05) is 6.61 Å². The SMILES string of the molecule is Cc1cc(/C=C/C(=O)O)cc(C)c1OCC1CCC(C)O1. The van der Waals surface area contributed by atoms with E-state index in [1.165, 1.54) is 0 Å². The Bertz CT molecular complexity index is 525. The second-order valence-corrected chi connectivity index (χ2v) is 5.61. The molecule has 0 spiro atoms. The molecule has 0 aliphatic carbocycles. The lowest BCUT2D eigenvalue weighted by molar-refractivity contribution is -0.131. The molecule has 1 saturated heterocycles. The van der Waals surface area contributed by atoms with Crippen LogP contribution in [0.1, 0.15) is 36.5 Å². The van der Waals surface area contributed by atoms with Gasteiger partial charge >= 0.3 is 5.97 Å². The standard InChI is InChI=1S/C17H22O4/c1-11-8-14(5-7-16(18)19)9-12(2)17(11)20-10-15-6-4-13(3)21-15/h5,7-9,13,15H,4,6,10H2,1-3H3,(H,18,19)/b7-5+. The second kappa shape index (κ2) is 6.76. The molecule has 21 heavy (non-hydrogen) atoms. The van der Waals surface area contributed by atoms with Crippen molar-refractivity contribution in [1.82, 2.24) is 0 Å². The highest BCUT2D eigenvalue weighted by Gasteiger charge is 2.22. The average Bonchev–Trinajstić information content (AvgIpc) is 2.81. The number of carboxylic acids is 1. The van der Waals surface area contributed by atoms with Crippen molar-refractivity contribution in [1.29, 1.82) is 0 Å². The van der Waals surface area contributed by atoms with E-state index in [-0.39, 0.29) is 6.10 Å². The minimum Gasteiger partial charge on any atom is -0.490 e. The molecule has 4 nitrogen and oxygen atoms in total. The Balaban J connectivity index is 2.04. The monoisotopic (exact) mass is 290 g/mol. The van der Waals surface area contributed by atoms with Gasteiger partial charge in [-0.15, -0.1) is 0 Å². The lowest BCUT2D eigenvalue weighted by atomic mass is 10.1. The first-order valence-electron chi connectivity index (χ1n) is 7.26. The molecule has 1 aliphatic rings. The maximum absolute atomic E-state index is 10.6. The van der Waals surface area contributed by atoms with E-state index in [0.29, 0.717) is 12.7 Å². The van der Waals surface area contributed by atoms with E-state index < -0.39 is 5.97 Å². The van der Waals surface area contributed by atoms with Crippen molar-refractivity contribution < 1.29 is 19.4 Å². The molecule has 1 aromatic carbocycles. The summed E-state index contributed by atoms with van der Waals surface area (Å²) in [6.45, 7) is 6.59.